The Kier molecular flexibility index (Phi) is 2.28. The summed E-state index contributed by atoms with van der Waals surface area (Å²) in [7, 11) is 0. The molecule has 0 aromatic carbocycles. The van der Waals surface area contributed by atoms with Crippen LogP contribution in [0.3, 0.4) is 0 Å². The van der Waals surface area contributed by atoms with Gasteiger partial charge in [0.1, 0.15) is 5.70 Å². The summed E-state index contributed by atoms with van der Waals surface area (Å²) >= 11 is 0. The fourth-order valence-electron chi connectivity index (χ4n) is 0.987. The molecule has 0 amide bonds. The van der Waals surface area contributed by atoms with E-state index in [1.807, 2.05) is 13.0 Å². The van der Waals surface area contributed by atoms with Crippen molar-refractivity contribution in [3.8, 4) is 0 Å². The van der Waals surface area contributed by atoms with Gasteiger partial charge in [-0.2, -0.15) is 0 Å². The molecule has 1 aliphatic rings. The van der Waals surface area contributed by atoms with Crippen molar-refractivity contribution in [2.24, 2.45) is 11.7 Å². The standard InChI is InChI=1S/C8H10N2O2/c1-6-3-2-4-7(9)8(5-6)10(11)12/h2-6H,9H2,1H3. The van der Waals surface area contributed by atoms with Crippen LogP contribution in [0.15, 0.2) is 35.7 Å². The van der Waals surface area contributed by atoms with Crippen molar-refractivity contribution >= 4 is 0 Å². The SMILES string of the molecule is CC1C=CC=C(N)C([N+](=O)[O-])=C1. The first-order valence-corrected chi connectivity index (χ1v) is 3.62. The number of nitrogens with zero attached hydrogens (tertiary/aromatic N) is 1. The first-order chi connectivity index (χ1) is 5.61. The highest BCUT2D eigenvalue weighted by molar-refractivity contribution is 5.30. The van der Waals surface area contributed by atoms with Gasteiger partial charge in [0, 0.05) is 6.08 Å². The van der Waals surface area contributed by atoms with Crippen LogP contribution >= 0.6 is 0 Å². The highest BCUT2D eigenvalue weighted by Gasteiger charge is 2.16. The monoisotopic (exact) mass is 166 g/mol. The predicted molar refractivity (Wildman–Crippen MR) is 45.7 cm³/mol. The summed E-state index contributed by atoms with van der Waals surface area (Å²) < 4.78 is 0. The topological polar surface area (TPSA) is 69.2 Å². The van der Waals surface area contributed by atoms with E-state index in [1.165, 1.54) is 12.2 Å². The van der Waals surface area contributed by atoms with Gasteiger partial charge < -0.3 is 5.73 Å². The molecule has 0 radical (unpaired) electrons. The number of nitrogens with two attached hydrogens (primary N) is 1. The number of nitro groups is 1. The second-order valence-corrected chi connectivity index (χ2v) is 2.68. The van der Waals surface area contributed by atoms with Crippen molar-refractivity contribution in [3.63, 3.8) is 0 Å². The van der Waals surface area contributed by atoms with Gasteiger partial charge in [0.2, 0.25) is 0 Å². The maximum Gasteiger partial charge on any atom is 0.288 e. The quantitative estimate of drug-likeness (QED) is 0.470. The highest BCUT2D eigenvalue weighted by atomic mass is 16.6. The number of allylic oxidation sites excluding steroid dienone is 4. The molecule has 0 heterocycles. The molecular weight excluding hydrogens is 156 g/mol. The summed E-state index contributed by atoms with van der Waals surface area (Å²) in [6.45, 7) is 1.87. The van der Waals surface area contributed by atoms with Gasteiger partial charge in [-0.25, -0.2) is 0 Å². The zero-order valence-electron chi connectivity index (χ0n) is 6.73. The number of rotatable bonds is 1. The highest BCUT2D eigenvalue weighted by Crippen LogP contribution is 2.14. The molecule has 1 rings (SSSR count). The second-order valence-electron chi connectivity index (χ2n) is 2.68. The summed E-state index contributed by atoms with van der Waals surface area (Å²) in [5.41, 5.74) is 5.64. The lowest BCUT2D eigenvalue weighted by Gasteiger charge is -1.97. The van der Waals surface area contributed by atoms with Gasteiger partial charge in [-0.15, -0.1) is 0 Å². The minimum Gasteiger partial charge on any atom is -0.393 e. The first-order valence-electron chi connectivity index (χ1n) is 3.62. The lowest BCUT2D eigenvalue weighted by Crippen LogP contribution is -2.09. The van der Waals surface area contributed by atoms with Gasteiger partial charge in [-0.3, -0.25) is 10.1 Å². The Morgan fingerprint density at radius 3 is 2.92 bits per heavy atom. The van der Waals surface area contributed by atoms with Crippen LogP contribution in [-0.2, 0) is 0 Å². The van der Waals surface area contributed by atoms with Crippen molar-refractivity contribution in [1.29, 1.82) is 0 Å². The molecule has 0 saturated heterocycles. The number of hydrogen-bond acceptors (Lipinski definition) is 3. The van der Waals surface area contributed by atoms with Crippen LogP contribution in [0.25, 0.3) is 0 Å². The van der Waals surface area contributed by atoms with E-state index in [9.17, 15) is 10.1 Å². The molecule has 64 valence electrons. The molecule has 0 aromatic heterocycles. The summed E-state index contributed by atoms with van der Waals surface area (Å²) in [5, 5.41) is 10.5. The van der Waals surface area contributed by atoms with Crippen molar-refractivity contribution in [2.45, 2.75) is 6.92 Å². The first kappa shape index (κ1) is 8.52. The minimum absolute atomic E-state index is 0.00694. The third kappa shape index (κ3) is 1.72. The molecule has 1 atom stereocenters. The van der Waals surface area contributed by atoms with E-state index in [1.54, 1.807) is 6.08 Å². The van der Waals surface area contributed by atoms with E-state index in [0.29, 0.717) is 0 Å². The van der Waals surface area contributed by atoms with E-state index < -0.39 is 4.92 Å². The smallest absolute Gasteiger partial charge is 0.288 e. The third-order valence-corrected chi connectivity index (χ3v) is 1.60. The molecule has 2 N–H and O–H groups in total. The molecule has 0 bridgehead atoms. The van der Waals surface area contributed by atoms with E-state index >= 15 is 0 Å². The Balaban J connectivity index is 3.04. The predicted octanol–water partition coefficient (Wildman–Crippen LogP) is 1.20. The molecule has 0 aromatic rings. The Hall–Kier alpha value is -1.58. The molecule has 0 aliphatic heterocycles. The zero-order chi connectivity index (χ0) is 9.14. The van der Waals surface area contributed by atoms with Crippen LogP contribution in [0.4, 0.5) is 0 Å². The molecule has 1 unspecified atom stereocenters. The van der Waals surface area contributed by atoms with E-state index in [2.05, 4.69) is 0 Å². The fraction of sp³-hybridized carbons (Fsp3) is 0.250. The lowest BCUT2D eigenvalue weighted by molar-refractivity contribution is -0.421. The maximum atomic E-state index is 10.5. The van der Waals surface area contributed by atoms with Crippen molar-refractivity contribution in [3.05, 3.63) is 45.8 Å². The minimum atomic E-state index is -0.463. The molecule has 4 heteroatoms. The summed E-state index contributed by atoms with van der Waals surface area (Å²) in [6.07, 6.45) is 6.66. The second kappa shape index (κ2) is 3.21. The zero-order valence-corrected chi connectivity index (χ0v) is 6.73. The van der Waals surface area contributed by atoms with Crippen LogP contribution in [0, 0.1) is 16.0 Å². The van der Waals surface area contributed by atoms with Crippen molar-refractivity contribution in [1.82, 2.24) is 0 Å². The van der Waals surface area contributed by atoms with Crippen LogP contribution in [0.2, 0.25) is 0 Å². The third-order valence-electron chi connectivity index (χ3n) is 1.60. The molecule has 12 heavy (non-hydrogen) atoms. The lowest BCUT2D eigenvalue weighted by atomic mass is 10.1. The van der Waals surface area contributed by atoms with Gasteiger partial charge in [0.05, 0.1) is 4.92 Å². The largest absolute Gasteiger partial charge is 0.393 e. The Bertz CT molecular complexity index is 289. The summed E-state index contributed by atoms with van der Waals surface area (Å²) in [6, 6.07) is 0. The van der Waals surface area contributed by atoms with Crippen molar-refractivity contribution in [2.75, 3.05) is 0 Å². The number of hydrogen-bond donors (Lipinski definition) is 1. The van der Waals surface area contributed by atoms with Crippen LogP contribution in [0.1, 0.15) is 6.92 Å². The van der Waals surface area contributed by atoms with E-state index in [-0.39, 0.29) is 17.3 Å². The molecule has 4 nitrogen and oxygen atoms in total. The van der Waals surface area contributed by atoms with Gasteiger partial charge in [0.15, 0.2) is 0 Å². The molecule has 0 spiro atoms. The molecule has 0 saturated carbocycles. The average molecular weight is 166 g/mol. The Morgan fingerprint density at radius 1 is 1.67 bits per heavy atom. The molecular formula is C8H10N2O2. The van der Waals surface area contributed by atoms with Gasteiger partial charge in [-0.05, 0) is 12.0 Å². The van der Waals surface area contributed by atoms with Crippen LogP contribution in [0.5, 0.6) is 0 Å². The average Bonchev–Trinajstić information content (AvgIpc) is 2.13. The van der Waals surface area contributed by atoms with Gasteiger partial charge >= 0.3 is 0 Å². The van der Waals surface area contributed by atoms with E-state index in [0.717, 1.165) is 0 Å². The van der Waals surface area contributed by atoms with Gasteiger partial charge in [0.25, 0.3) is 5.70 Å². The molecule has 1 aliphatic carbocycles. The normalized spacial score (nSPS) is 22.6. The fourth-order valence-corrected chi connectivity index (χ4v) is 0.987. The Morgan fingerprint density at radius 2 is 2.33 bits per heavy atom. The van der Waals surface area contributed by atoms with Crippen molar-refractivity contribution < 1.29 is 4.92 Å². The van der Waals surface area contributed by atoms with Gasteiger partial charge in [-0.1, -0.05) is 19.1 Å². The van der Waals surface area contributed by atoms with E-state index in [4.69, 9.17) is 5.73 Å². The molecule has 0 fully saturated rings. The maximum absolute atomic E-state index is 10.5. The summed E-state index contributed by atoms with van der Waals surface area (Å²) in [5.74, 6) is 0.0581. The summed E-state index contributed by atoms with van der Waals surface area (Å²) in [4.78, 5) is 9.99. The van der Waals surface area contributed by atoms with Crippen LogP contribution in [-0.4, -0.2) is 4.92 Å². The Labute approximate surface area is 70.2 Å². The van der Waals surface area contributed by atoms with Crippen LogP contribution < -0.4 is 5.73 Å².